The van der Waals surface area contributed by atoms with Gasteiger partial charge in [-0.15, -0.1) is 11.3 Å². The first-order chi connectivity index (χ1) is 9.52. The molecule has 0 aliphatic heterocycles. The van der Waals surface area contributed by atoms with Gasteiger partial charge in [0.1, 0.15) is 0 Å². The van der Waals surface area contributed by atoms with E-state index in [0.29, 0.717) is 6.04 Å². The largest absolute Gasteiger partial charge is 0.308 e. The second-order valence-corrected chi connectivity index (χ2v) is 7.75. The summed E-state index contributed by atoms with van der Waals surface area (Å²) in [7, 11) is 0. The van der Waals surface area contributed by atoms with Gasteiger partial charge in [-0.2, -0.15) is 0 Å². The number of fused-ring (bicyclic) bond motifs is 1. The van der Waals surface area contributed by atoms with Crippen molar-refractivity contribution in [1.29, 1.82) is 0 Å². The topological polar surface area (TPSA) is 24.9 Å². The molecule has 1 aromatic heterocycles. The summed E-state index contributed by atoms with van der Waals surface area (Å²) < 4.78 is 0. The average Bonchev–Trinajstić information content (AvgIpc) is 3.02. The molecule has 0 atom stereocenters. The van der Waals surface area contributed by atoms with Crippen molar-refractivity contribution in [3.05, 3.63) is 51.5 Å². The minimum Gasteiger partial charge on any atom is -0.308 e. The quantitative estimate of drug-likeness (QED) is 0.930. The van der Waals surface area contributed by atoms with Crippen molar-refractivity contribution in [3.63, 3.8) is 0 Å². The van der Waals surface area contributed by atoms with Crippen LogP contribution in [0.1, 0.15) is 41.8 Å². The van der Waals surface area contributed by atoms with Gasteiger partial charge in [0.05, 0.1) is 5.01 Å². The third kappa shape index (κ3) is 2.94. The Balaban J connectivity index is 1.58. The van der Waals surface area contributed by atoms with Gasteiger partial charge in [0.2, 0.25) is 0 Å². The fourth-order valence-corrected chi connectivity index (χ4v) is 3.60. The highest BCUT2D eigenvalue weighted by molar-refractivity contribution is 7.11. The van der Waals surface area contributed by atoms with Gasteiger partial charge in [-0.25, -0.2) is 4.98 Å². The van der Waals surface area contributed by atoms with Gasteiger partial charge in [-0.1, -0.05) is 45.0 Å². The number of nitrogens with zero attached hydrogens (tertiary/aromatic N) is 1. The lowest BCUT2D eigenvalue weighted by Gasteiger charge is -2.13. The molecule has 20 heavy (non-hydrogen) atoms. The van der Waals surface area contributed by atoms with E-state index in [4.69, 9.17) is 0 Å². The Morgan fingerprint density at radius 2 is 1.85 bits per heavy atom. The molecule has 0 fully saturated rings. The predicted octanol–water partition coefficient (Wildman–Crippen LogP) is 3.70. The van der Waals surface area contributed by atoms with Crippen LogP contribution in [0.4, 0.5) is 0 Å². The summed E-state index contributed by atoms with van der Waals surface area (Å²) in [5.74, 6) is 0. The van der Waals surface area contributed by atoms with Gasteiger partial charge in [-0.05, 0) is 24.0 Å². The zero-order valence-corrected chi connectivity index (χ0v) is 13.3. The Labute approximate surface area is 125 Å². The fourth-order valence-electron chi connectivity index (χ4n) is 2.68. The smallest absolute Gasteiger partial charge is 0.0981 e. The second kappa shape index (κ2) is 5.30. The number of hydrogen-bond donors (Lipinski definition) is 1. The molecule has 0 saturated heterocycles. The predicted molar refractivity (Wildman–Crippen MR) is 85.3 cm³/mol. The van der Waals surface area contributed by atoms with Gasteiger partial charge in [0, 0.05) is 29.1 Å². The number of thiazole rings is 1. The van der Waals surface area contributed by atoms with Crippen LogP contribution >= 0.6 is 11.3 Å². The monoisotopic (exact) mass is 286 g/mol. The molecule has 0 bridgehead atoms. The first-order valence-corrected chi connectivity index (χ1v) is 8.09. The Morgan fingerprint density at radius 3 is 2.40 bits per heavy atom. The summed E-state index contributed by atoms with van der Waals surface area (Å²) in [5.41, 5.74) is 3.17. The molecule has 2 aromatic rings. The summed E-state index contributed by atoms with van der Waals surface area (Å²) in [6.07, 6.45) is 4.34. The molecule has 0 radical (unpaired) electrons. The molecule has 1 aromatic carbocycles. The van der Waals surface area contributed by atoms with Crippen LogP contribution in [-0.4, -0.2) is 11.0 Å². The lowest BCUT2D eigenvalue weighted by Crippen LogP contribution is -2.28. The second-order valence-electron chi connectivity index (χ2n) is 6.64. The van der Waals surface area contributed by atoms with E-state index < -0.39 is 0 Å². The molecule has 0 spiro atoms. The fraction of sp³-hybridized carbons (Fsp3) is 0.471. The van der Waals surface area contributed by atoms with E-state index in [1.54, 1.807) is 0 Å². The van der Waals surface area contributed by atoms with Crippen LogP contribution in [-0.2, 0) is 24.8 Å². The van der Waals surface area contributed by atoms with E-state index in [1.165, 1.54) is 21.0 Å². The molecule has 1 aliphatic carbocycles. The van der Waals surface area contributed by atoms with Crippen molar-refractivity contribution in [2.45, 2.75) is 51.6 Å². The van der Waals surface area contributed by atoms with Crippen LogP contribution < -0.4 is 5.32 Å². The average molecular weight is 286 g/mol. The standard InChI is InChI=1S/C17H22N2S/c1-17(2,3)16-19-11-15(20-16)10-18-14-8-12-6-4-5-7-13(12)9-14/h4-7,11,14,18H,8-10H2,1-3H3. The minimum absolute atomic E-state index is 0.159. The lowest BCUT2D eigenvalue weighted by atomic mass is 9.98. The Bertz CT molecular complexity index is 570. The van der Waals surface area contributed by atoms with E-state index in [-0.39, 0.29) is 5.41 Å². The Hall–Kier alpha value is -1.19. The lowest BCUT2D eigenvalue weighted by molar-refractivity contribution is 0.536. The maximum Gasteiger partial charge on any atom is 0.0981 e. The molecule has 1 aliphatic rings. The van der Waals surface area contributed by atoms with Crippen LogP contribution in [0.15, 0.2) is 30.5 Å². The Morgan fingerprint density at radius 1 is 1.20 bits per heavy atom. The summed E-state index contributed by atoms with van der Waals surface area (Å²) in [6.45, 7) is 7.59. The first kappa shape index (κ1) is 13.8. The molecule has 3 heteroatoms. The highest BCUT2D eigenvalue weighted by Crippen LogP contribution is 2.27. The van der Waals surface area contributed by atoms with Crippen LogP contribution in [0.5, 0.6) is 0 Å². The van der Waals surface area contributed by atoms with Crippen LogP contribution in [0.3, 0.4) is 0 Å². The zero-order chi connectivity index (χ0) is 14.2. The van der Waals surface area contributed by atoms with E-state index >= 15 is 0 Å². The van der Waals surface area contributed by atoms with E-state index in [0.717, 1.165) is 19.4 Å². The molecule has 2 nitrogen and oxygen atoms in total. The zero-order valence-electron chi connectivity index (χ0n) is 12.4. The van der Waals surface area contributed by atoms with Crippen molar-refractivity contribution >= 4 is 11.3 Å². The first-order valence-electron chi connectivity index (χ1n) is 7.28. The van der Waals surface area contributed by atoms with Crippen molar-refractivity contribution in [1.82, 2.24) is 10.3 Å². The van der Waals surface area contributed by atoms with Crippen molar-refractivity contribution in [2.24, 2.45) is 0 Å². The molecule has 1 heterocycles. The summed E-state index contributed by atoms with van der Waals surface area (Å²) in [6, 6.07) is 9.36. The normalized spacial score (nSPS) is 15.6. The maximum atomic E-state index is 4.55. The summed E-state index contributed by atoms with van der Waals surface area (Å²) in [5, 5.41) is 4.91. The van der Waals surface area contributed by atoms with Gasteiger partial charge in [-0.3, -0.25) is 0 Å². The van der Waals surface area contributed by atoms with Gasteiger partial charge in [0.15, 0.2) is 0 Å². The van der Waals surface area contributed by atoms with Gasteiger partial charge < -0.3 is 5.32 Å². The van der Waals surface area contributed by atoms with Crippen LogP contribution in [0.25, 0.3) is 0 Å². The Kier molecular flexibility index (Phi) is 3.65. The molecule has 3 rings (SSSR count). The number of hydrogen-bond acceptors (Lipinski definition) is 3. The van der Waals surface area contributed by atoms with Crippen molar-refractivity contribution in [2.75, 3.05) is 0 Å². The summed E-state index contributed by atoms with van der Waals surface area (Å²) >= 11 is 1.83. The van der Waals surface area contributed by atoms with E-state index in [1.807, 2.05) is 17.5 Å². The molecular formula is C17H22N2S. The third-order valence-corrected chi connectivity index (χ3v) is 5.23. The van der Waals surface area contributed by atoms with Crippen LogP contribution in [0, 0.1) is 0 Å². The minimum atomic E-state index is 0.159. The van der Waals surface area contributed by atoms with Gasteiger partial charge in [0.25, 0.3) is 0 Å². The van der Waals surface area contributed by atoms with Crippen LogP contribution in [0.2, 0.25) is 0 Å². The number of benzene rings is 1. The number of nitrogens with one attached hydrogen (secondary N) is 1. The van der Waals surface area contributed by atoms with Gasteiger partial charge >= 0.3 is 0 Å². The number of aromatic nitrogens is 1. The van der Waals surface area contributed by atoms with E-state index in [9.17, 15) is 0 Å². The third-order valence-electron chi connectivity index (χ3n) is 3.81. The number of rotatable bonds is 3. The van der Waals surface area contributed by atoms with Crippen molar-refractivity contribution < 1.29 is 0 Å². The summed E-state index contributed by atoms with van der Waals surface area (Å²) in [4.78, 5) is 5.89. The molecular weight excluding hydrogens is 264 g/mol. The maximum absolute atomic E-state index is 4.55. The molecule has 1 N–H and O–H groups in total. The molecule has 0 amide bonds. The highest BCUT2D eigenvalue weighted by atomic mass is 32.1. The molecule has 0 saturated carbocycles. The SMILES string of the molecule is CC(C)(C)c1ncc(CNC2Cc3ccccc3C2)s1. The van der Waals surface area contributed by atoms with Crippen molar-refractivity contribution in [3.8, 4) is 0 Å². The van der Waals surface area contributed by atoms with E-state index in [2.05, 4.69) is 55.3 Å². The molecule has 0 unspecified atom stereocenters. The highest BCUT2D eigenvalue weighted by Gasteiger charge is 2.21. The molecule has 106 valence electrons.